The molecule has 1 saturated heterocycles. The molecule has 0 bridgehead atoms. The summed E-state index contributed by atoms with van der Waals surface area (Å²) in [6, 6.07) is 9.52. The molecule has 4 saturated carbocycles. The number of carbonyl (C=O) groups is 1. The van der Waals surface area contributed by atoms with Gasteiger partial charge >= 0.3 is 5.97 Å². The first-order valence-corrected chi connectivity index (χ1v) is 16.0. The monoisotopic (exact) mass is 520 g/mol. The standard InChI is InChI=1S/C35H52O3/c1-22(2)23(3)12-13-24(4)30-21-31-35(38-31)29-15-14-26-20-27(37-32(36)25-10-8-7-9-11-25)16-18-33(26,5)28(29)17-19-34(30,35)6/h7-11,22-24,26-31H,12-21H2,1-6H3/t23-,24+,26-,27+,28+,29+,30-,31-,33-,34-,35-/m0/s1. The molecule has 1 aromatic rings. The highest BCUT2D eigenvalue weighted by Gasteiger charge is 2.80. The Morgan fingerprint density at radius 2 is 1.71 bits per heavy atom. The minimum Gasteiger partial charge on any atom is -0.459 e. The van der Waals surface area contributed by atoms with Crippen LogP contribution in [0.15, 0.2) is 30.3 Å². The van der Waals surface area contributed by atoms with Gasteiger partial charge in [0.25, 0.3) is 0 Å². The van der Waals surface area contributed by atoms with Crippen molar-refractivity contribution in [2.75, 3.05) is 0 Å². The second kappa shape index (κ2) is 9.64. The Morgan fingerprint density at radius 3 is 2.45 bits per heavy atom. The SMILES string of the molecule is CC(C)[C@@H](C)CC[C@@H](C)[C@@H]1C[C@@H]2O[C@@]23[C@@H]2CC[C@H]4C[C@H](OC(=O)c5ccccc5)CC[C@]4(C)[C@@H]2CC[C@@]13C. The highest BCUT2D eigenvalue weighted by Crippen LogP contribution is 2.77. The van der Waals surface area contributed by atoms with Crippen LogP contribution in [0.3, 0.4) is 0 Å². The van der Waals surface area contributed by atoms with Crippen molar-refractivity contribution in [3.8, 4) is 0 Å². The fraction of sp³-hybridized carbons (Fsp3) is 0.800. The number of esters is 1. The molecule has 3 heteroatoms. The molecule has 4 aliphatic carbocycles. The van der Waals surface area contributed by atoms with Gasteiger partial charge in [-0.3, -0.25) is 0 Å². The van der Waals surface area contributed by atoms with E-state index in [1.165, 1.54) is 51.4 Å². The van der Waals surface area contributed by atoms with Crippen molar-refractivity contribution in [3.05, 3.63) is 35.9 Å². The number of benzene rings is 1. The zero-order valence-electron chi connectivity index (χ0n) is 24.9. The summed E-state index contributed by atoms with van der Waals surface area (Å²) in [5.74, 6) is 5.23. The topological polar surface area (TPSA) is 38.8 Å². The van der Waals surface area contributed by atoms with Gasteiger partial charge in [-0.1, -0.05) is 72.6 Å². The summed E-state index contributed by atoms with van der Waals surface area (Å²) in [5, 5.41) is 0. The molecule has 3 nitrogen and oxygen atoms in total. The number of rotatable bonds is 7. The molecule has 5 aliphatic rings. The maximum atomic E-state index is 12.8. The van der Waals surface area contributed by atoms with E-state index in [2.05, 4.69) is 41.5 Å². The highest BCUT2D eigenvalue weighted by atomic mass is 16.6. The van der Waals surface area contributed by atoms with Gasteiger partial charge < -0.3 is 9.47 Å². The van der Waals surface area contributed by atoms with Crippen molar-refractivity contribution >= 4 is 5.97 Å². The van der Waals surface area contributed by atoms with Crippen molar-refractivity contribution in [2.24, 2.45) is 52.3 Å². The van der Waals surface area contributed by atoms with Crippen molar-refractivity contribution < 1.29 is 14.3 Å². The first-order chi connectivity index (χ1) is 18.1. The summed E-state index contributed by atoms with van der Waals surface area (Å²) in [7, 11) is 0. The minimum atomic E-state index is -0.150. The van der Waals surface area contributed by atoms with Crippen LogP contribution in [0.5, 0.6) is 0 Å². The molecule has 38 heavy (non-hydrogen) atoms. The lowest BCUT2D eigenvalue weighted by molar-refractivity contribution is -0.150. The largest absolute Gasteiger partial charge is 0.459 e. The Kier molecular flexibility index (Phi) is 6.81. The van der Waals surface area contributed by atoms with Crippen LogP contribution in [0.1, 0.15) is 116 Å². The van der Waals surface area contributed by atoms with Gasteiger partial charge in [0.05, 0.1) is 11.7 Å². The predicted octanol–water partition coefficient (Wildman–Crippen LogP) is 8.71. The van der Waals surface area contributed by atoms with E-state index in [4.69, 9.17) is 9.47 Å². The summed E-state index contributed by atoms with van der Waals surface area (Å²) in [5.41, 5.74) is 1.55. The summed E-state index contributed by atoms with van der Waals surface area (Å²) in [6.45, 7) is 15.0. The Bertz CT molecular complexity index is 1020. The molecule has 1 aromatic carbocycles. The summed E-state index contributed by atoms with van der Waals surface area (Å²) in [6.07, 6.45) is 13.2. The lowest BCUT2D eigenvalue weighted by Gasteiger charge is -2.61. The highest BCUT2D eigenvalue weighted by molar-refractivity contribution is 5.89. The molecule has 0 N–H and O–H groups in total. The zero-order chi connectivity index (χ0) is 26.9. The second-order valence-corrected chi connectivity index (χ2v) is 15.1. The van der Waals surface area contributed by atoms with E-state index in [0.29, 0.717) is 28.4 Å². The van der Waals surface area contributed by atoms with Gasteiger partial charge in [-0.25, -0.2) is 4.79 Å². The fourth-order valence-electron chi connectivity index (χ4n) is 10.5. The van der Waals surface area contributed by atoms with E-state index in [1.54, 1.807) is 0 Å². The van der Waals surface area contributed by atoms with Crippen molar-refractivity contribution in [1.29, 1.82) is 0 Å². The van der Waals surface area contributed by atoms with Crippen molar-refractivity contribution in [3.63, 3.8) is 0 Å². The third-order valence-electron chi connectivity index (χ3n) is 13.3. The minimum absolute atomic E-state index is 0.0687. The van der Waals surface area contributed by atoms with Gasteiger partial charge in [0.1, 0.15) is 11.7 Å². The first-order valence-electron chi connectivity index (χ1n) is 16.0. The second-order valence-electron chi connectivity index (χ2n) is 15.1. The molecule has 210 valence electrons. The van der Waals surface area contributed by atoms with Gasteiger partial charge in [-0.15, -0.1) is 0 Å². The predicted molar refractivity (Wildman–Crippen MR) is 153 cm³/mol. The van der Waals surface area contributed by atoms with Crippen LogP contribution < -0.4 is 0 Å². The molecular formula is C35H52O3. The number of carbonyl (C=O) groups excluding carboxylic acids is 1. The molecule has 1 aliphatic heterocycles. The quantitative estimate of drug-likeness (QED) is 0.266. The Balaban J connectivity index is 1.13. The van der Waals surface area contributed by atoms with Crippen LogP contribution in [-0.2, 0) is 9.47 Å². The Morgan fingerprint density at radius 1 is 0.947 bits per heavy atom. The molecule has 11 atom stereocenters. The Hall–Kier alpha value is -1.35. The average molecular weight is 521 g/mol. The fourth-order valence-corrected chi connectivity index (χ4v) is 10.5. The third kappa shape index (κ3) is 4.03. The average Bonchev–Trinajstić information content (AvgIpc) is 3.57. The molecule has 1 spiro atoms. The van der Waals surface area contributed by atoms with E-state index in [1.807, 2.05) is 30.3 Å². The maximum absolute atomic E-state index is 12.8. The number of fused-ring (bicyclic) bond motifs is 3. The smallest absolute Gasteiger partial charge is 0.338 e. The van der Waals surface area contributed by atoms with Crippen LogP contribution in [0.4, 0.5) is 0 Å². The van der Waals surface area contributed by atoms with Gasteiger partial charge in [-0.05, 0) is 110 Å². The first kappa shape index (κ1) is 26.9. The zero-order valence-corrected chi connectivity index (χ0v) is 24.9. The van der Waals surface area contributed by atoms with E-state index in [-0.39, 0.29) is 17.7 Å². The van der Waals surface area contributed by atoms with Crippen LogP contribution in [0, 0.1) is 52.3 Å². The molecule has 0 aromatic heterocycles. The van der Waals surface area contributed by atoms with Gasteiger partial charge in [0.15, 0.2) is 0 Å². The normalized spacial score (nSPS) is 44.8. The molecule has 0 radical (unpaired) electrons. The van der Waals surface area contributed by atoms with Gasteiger partial charge in [0.2, 0.25) is 0 Å². The third-order valence-corrected chi connectivity index (χ3v) is 13.3. The number of epoxide rings is 1. The molecule has 6 rings (SSSR count). The lowest BCUT2D eigenvalue weighted by atomic mass is 9.44. The maximum Gasteiger partial charge on any atom is 0.338 e. The van der Waals surface area contributed by atoms with Crippen molar-refractivity contribution in [1.82, 2.24) is 0 Å². The van der Waals surface area contributed by atoms with Gasteiger partial charge in [-0.2, -0.15) is 0 Å². The van der Waals surface area contributed by atoms with Crippen LogP contribution in [0.2, 0.25) is 0 Å². The van der Waals surface area contributed by atoms with E-state index >= 15 is 0 Å². The number of ether oxygens (including phenoxy) is 2. The van der Waals surface area contributed by atoms with Crippen LogP contribution in [-0.4, -0.2) is 23.8 Å². The lowest BCUT2D eigenvalue weighted by Crippen LogP contribution is -2.59. The molecular weight excluding hydrogens is 468 g/mol. The van der Waals surface area contributed by atoms with E-state index in [9.17, 15) is 4.79 Å². The van der Waals surface area contributed by atoms with Crippen LogP contribution in [0.25, 0.3) is 0 Å². The summed E-state index contributed by atoms with van der Waals surface area (Å²) < 4.78 is 12.9. The molecule has 0 amide bonds. The van der Waals surface area contributed by atoms with E-state index in [0.717, 1.165) is 48.3 Å². The Labute approximate surface area is 231 Å². The molecule has 0 unspecified atom stereocenters. The molecule has 1 heterocycles. The summed E-state index contributed by atoms with van der Waals surface area (Å²) in [4.78, 5) is 12.8. The van der Waals surface area contributed by atoms with Crippen LogP contribution >= 0.6 is 0 Å². The summed E-state index contributed by atoms with van der Waals surface area (Å²) >= 11 is 0. The molecule has 5 fully saturated rings. The van der Waals surface area contributed by atoms with E-state index < -0.39 is 0 Å². The number of hydrogen-bond donors (Lipinski definition) is 0. The number of hydrogen-bond acceptors (Lipinski definition) is 3. The van der Waals surface area contributed by atoms with Crippen molar-refractivity contribution in [2.45, 2.75) is 124 Å². The van der Waals surface area contributed by atoms with Gasteiger partial charge in [0, 0.05) is 5.41 Å².